The van der Waals surface area contributed by atoms with E-state index in [1.165, 1.54) is 23.1 Å². The maximum absolute atomic E-state index is 10.5. The Morgan fingerprint density at radius 1 is 1.67 bits per heavy atom. The van der Waals surface area contributed by atoms with Crippen LogP contribution in [-0.4, -0.2) is 26.0 Å². The van der Waals surface area contributed by atoms with Gasteiger partial charge in [-0.15, -0.1) is 0 Å². The largest absolute Gasteiger partial charge is 0.476 e. The van der Waals surface area contributed by atoms with Crippen LogP contribution in [0, 0.1) is 0 Å². The Hall–Kier alpha value is -2.37. The Morgan fingerprint density at radius 3 is 3.00 bits per heavy atom. The molecule has 15 heavy (non-hydrogen) atoms. The molecule has 2 aromatic rings. The van der Waals surface area contributed by atoms with Crippen molar-refractivity contribution in [3.63, 3.8) is 0 Å². The molecule has 2 aromatic heterocycles. The SMILES string of the molecule is C=Cn1cc(-c2cc(C(=O)O)no2)cn1. The van der Waals surface area contributed by atoms with Crippen LogP contribution in [0.4, 0.5) is 0 Å². The first-order valence-corrected chi connectivity index (χ1v) is 4.08. The minimum absolute atomic E-state index is 0.128. The molecule has 2 heterocycles. The molecule has 1 N–H and O–H groups in total. The first kappa shape index (κ1) is 9.20. The lowest BCUT2D eigenvalue weighted by Gasteiger charge is -1.85. The average Bonchev–Trinajstić information content (AvgIpc) is 2.86. The number of carbonyl (C=O) groups is 1. The van der Waals surface area contributed by atoms with Gasteiger partial charge in [0.15, 0.2) is 11.5 Å². The number of rotatable bonds is 3. The zero-order valence-corrected chi connectivity index (χ0v) is 7.62. The van der Waals surface area contributed by atoms with Gasteiger partial charge in [-0.3, -0.25) is 0 Å². The second-order valence-electron chi connectivity index (χ2n) is 2.77. The van der Waals surface area contributed by atoms with Crippen LogP contribution in [0.5, 0.6) is 0 Å². The fraction of sp³-hybridized carbons (Fsp3) is 0. The average molecular weight is 205 g/mol. The lowest BCUT2D eigenvalue weighted by atomic mass is 10.2. The minimum Gasteiger partial charge on any atom is -0.476 e. The quantitative estimate of drug-likeness (QED) is 0.817. The van der Waals surface area contributed by atoms with Gasteiger partial charge in [0.25, 0.3) is 0 Å². The summed E-state index contributed by atoms with van der Waals surface area (Å²) in [4.78, 5) is 10.5. The van der Waals surface area contributed by atoms with Gasteiger partial charge in [-0.1, -0.05) is 11.7 Å². The van der Waals surface area contributed by atoms with Crippen molar-refractivity contribution >= 4 is 12.2 Å². The highest BCUT2D eigenvalue weighted by molar-refractivity contribution is 5.86. The molecular weight excluding hydrogens is 198 g/mol. The number of aromatic nitrogens is 3. The van der Waals surface area contributed by atoms with Crippen molar-refractivity contribution in [3.8, 4) is 11.3 Å². The van der Waals surface area contributed by atoms with Crippen LogP contribution in [0.1, 0.15) is 10.5 Å². The Labute approximate surface area is 84.4 Å². The van der Waals surface area contributed by atoms with E-state index in [9.17, 15) is 4.79 Å². The van der Waals surface area contributed by atoms with E-state index in [-0.39, 0.29) is 5.69 Å². The van der Waals surface area contributed by atoms with Gasteiger partial charge in [-0.25, -0.2) is 9.48 Å². The second-order valence-corrected chi connectivity index (χ2v) is 2.77. The number of aromatic carboxylic acids is 1. The summed E-state index contributed by atoms with van der Waals surface area (Å²) in [6, 6.07) is 1.34. The summed E-state index contributed by atoms with van der Waals surface area (Å²) < 4.78 is 6.34. The topological polar surface area (TPSA) is 81.2 Å². The monoisotopic (exact) mass is 205 g/mol. The third kappa shape index (κ3) is 1.64. The Balaban J connectivity index is 2.36. The lowest BCUT2D eigenvalue weighted by molar-refractivity contribution is 0.0686. The van der Waals surface area contributed by atoms with Gasteiger partial charge in [0.1, 0.15) is 0 Å². The predicted octanol–water partition coefficient (Wildman–Crippen LogP) is 1.34. The summed E-state index contributed by atoms with van der Waals surface area (Å²) in [7, 11) is 0. The molecule has 0 fully saturated rings. The summed E-state index contributed by atoms with van der Waals surface area (Å²) in [6.07, 6.45) is 4.70. The van der Waals surface area contributed by atoms with Gasteiger partial charge in [0.2, 0.25) is 0 Å². The van der Waals surface area contributed by atoms with Crippen molar-refractivity contribution < 1.29 is 14.4 Å². The number of hydrogen-bond donors (Lipinski definition) is 1. The van der Waals surface area contributed by atoms with Crippen LogP contribution < -0.4 is 0 Å². The van der Waals surface area contributed by atoms with Crippen LogP contribution in [0.2, 0.25) is 0 Å². The zero-order chi connectivity index (χ0) is 10.8. The highest BCUT2D eigenvalue weighted by atomic mass is 16.5. The third-order valence-corrected chi connectivity index (χ3v) is 1.80. The fourth-order valence-corrected chi connectivity index (χ4v) is 1.08. The van der Waals surface area contributed by atoms with Gasteiger partial charge in [-0.2, -0.15) is 5.10 Å². The molecule has 0 saturated carbocycles. The van der Waals surface area contributed by atoms with E-state index >= 15 is 0 Å². The molecule has 0 aliphatic rings. The highest BCUT2D eigenvalue weighted by Crippen LogP contribution is 2.19. The zero-order valence-electron chi connectivity index (χ0n) is 7.62. The predicted molar refractivity (Wildman–Crippen MR) is 51.1 cm³/mol. The molecular formula is C9H7N3O3. The van der Waals surface area contributed by atoms with Crippen LogP contribution >= 0.6 is 0 Å². The van der Waals surface area contributed by atoms with Gasteiger partial charge in [-0.05, 0) is 0 Å². The number of carboxylic acids is 1. The van der Waals surface area contributed by atoms with Crippen molar-refractivity contribution in [1.29, 1.82) is 0 Å². The van der Waals surface area contributed by atoms with E-state index < -0.39 is 5.97 Å². The fourth-order valence-electron chi connectivity index (χ4n) is 1.08. The molecule has 0 bridgehead atoms. The highest BCUT2D eigenvalue weighted by Gasteiger charge is 2.12. The summed E-state index contributed by atoms with van der Waals surface area (Å²) in [5.74, 6) is -0.762. The summed E-state index contributed by atoms with van der Waals surface area (Å²) >= 11 is 0. The van der Waals surface area contributed by atoms with Crippen LogP contribution in [0.25, 0.3) is 17.5 Å². The number of hydrogen-bond acceptors (Lipinski definition) is 4. The van der Waals surface area contributed by atoms with Gasteiger partial charge in [0.05, 0.1) is 11.8 Å². The van der Waals surface area contributed by atoms with Crippen molar-refractivity contribution in [2.75, 3.05) is 0 Å². The van der Waals surface area contributed by atoms with Gasteiger partial charge >= 0.3 is 5.97 Å². The maximum atomic E-state index is 10.5. The van der Waals surface area contributed by atoms with Gasteiger partial charge < -0.3 is 9.63 Å². The lowest BCUT2D eigenvalue weighted by Crippen LogP contribution is -1.94. The van der Waals surface area contributed by atoms with Crippen LogP contribution in [-0.2, 0) is 0 Å². The van der Waals surface area contributed by atoms with Crippen molar-refractivity contribution in [3.05, 3.63) is 30.7 Å². The molecule has 6 heteroatoms. The van der Waals surface area contributed by atoms with E-state index in [0.717, 1.165) is 0 Å². The molecule has 0 amide bonds. The molecule has 2 rings (SSSR count). The van der Waals surface area contributed by atoms with Crippen LogP contribution in [0.15, 0.2) is 29.6 Å². The first-order valence-electron chi connectivity index (χ1n) is 4.08. The van der Waals surface area contributed by atoms with Crippen molar-refractivity contribution in [2.45, 2.75) is 0 Å². The maximum Gasteiger partial charge on any atom is 0.358 e. The Kier molecular flexibility index (Phi) is 2.09. The molecule has 0 spiro atoms. The molecule has 0 atom stereocenters. The molecule has 0 unspecified atom stereocenters. The molecule has 0 aliphatic carbocycles. The van der Waals surface area contributed by atoms with Crippen molar-refractivity contribution in [2.24, 2.45) is 0 Å². The molecule has 0 saturated heterocycles. The van der Waals surface area contributed by atoms with E-state index in [1.54, 1.807) is 6.20 Å². The first-order chi connectivity index (χ1) is 7.20. The van der Waals surface area contributed by atoms with E-state index in [4.69, 9.17) is 9.63 Å². The standard InChI is InChI=1S/C9H7N3O3/c1-2-12-5-6(4-10-12)8-3-7(9(13)14)11-15-8/h2-5H,1H2,(H,13,14). The van der Waals surface area contributed by atoms with E-state index in [2.05, 4.69) is 16.8 Å². The minimum atomic E-state index is -1.12. The van der Waals surface area contributed by atoms with Crippen LogP contribution in [0.3, 0.4) is 0 Å². The third-order valence-electron chi connectivity index (χ3n) is 1.80. The number of nitrogens with zero attached hydrogens (tertiary/aromatic N) is 3. The summed E-state index contributed by atoms with van der Waals surface area (Å²) in [5.41, 5.74) is 0.520. The smallest absolute Gasteiger partial charge is 0.358 e. The van der Waals surface area contributed by atoms with E-state index in [0.29, 0.717) is 11.3 Å². The molecule has 0 aromatic carbocycles. The summed E-state index contributed by atoms with van der Waals surface area (Å²) in [6.45, 7) is 3.53. The molecule has 76 valence electrons. The Bertz CT molecular complexity index is 512. The van der Waals surface area contributed by atoms with E-state index in [1.807, 2.05) is 0 Å². The molecule has 0 aliphatic heterocycles. The Morgan fingerprint density at radius 2 is 2.47 bits per heavy atom. The van der Waals surface area contributed by atoms with Crippen molar-refractivity contribution in [1.82, 2.24) is 14.9 Å². The second kappa shape index (κ2) is 3.41. The number of carboxylic acid groups (broad SMARTS) is 1. The van der Waals surface area contributed by atoms with Gasteiger partial charge in [0, 0.05) is 18.5 Å². The molecule has 6 nitrogen and oxygen atoms in total. The summed E-state index contributed by atoms with van der Waals surface area (Å²) in [5, 5.41) is 16.0. The molecule has 0 radical (unpaired) electrons. The normalized spacial score (nSPS) is 10.1.